The lowest BCUT2D eigenvalue weighted by Gasteiger charge is -2.01. The fourth-order valence-corrected chi connectivity index (χ4v) is 1.68. The molecule has 1 N–H and O–H groups in total. The topological polar surface area (TPSA) is 55.9 Å². The zero-order valence-corrected chi connectivity index (χ0v) is 9.60. The van der Waals surface area contributed by atoms with E-state index in [0.717, 1.165) is 24.4 Å². The van der Waals surface area contributed by atoms with Crippen LogP contribution in [0.3, 0.4) is 0 Å². The molecule has 2 heterocycles. The lowest BCUT2D eigenvalue weighted by molar-refractivity contribution is 0.372. The van der Waals surface area contributed by atoms with Crippen LogP contribution in [0.2, 0.25) is 0 Å². The van der Waals surface area contributed by atoms with Crippen LogP contribution in [0, 0.1) is 0 Å². The molecular weight excluding hydrogens is 204 g/mol. The highest BCUT2D eigenvalue weighted by molar-refractivity contribution is 5.16. The number of nitrogens with zero attached hydrogens (tertiary/aromatic N) is 3. The normalized spacial score (nSPS) is 10.9. The standard InChI is InChI=1S/C11H16N4O/c1-3-11-9(8-15(2)14-11)6-12-7-10-4-5-13-16-10/h4-5,8,12H,3,6-7H2,1-2H3. The molecule has 0 aliphatic carbocycles. The number of rotatable bonds is 5. The summed E-state index contributed by atoms with van der Waals surface area (Å²) in [5, 5.41) is 11.3. The van der Waals surface area contributed by atoms with E-state index in [1.54, 1.807) is 6.20 Å². The average molecular weight is 220 g/mol. The van der Waals surface area contributed by atoms with Crippen LogP contribution >= 0.6 is 0 Å². The van der Waals surface area contributed by atoms with E-state index >= 15 is 0 Å². The van der Waals surface area contributed by atoms with E-state index in [9.17, 15) is 0 Å². The number of hydrogen-bond donors (Lipinski definition) is 1. The van der Waals surface area contributed by atoms with E-state index in [4.69, 9.17) is 4.52 Å². The first-order valence-electron chi connectivity index (χ1n) is 5.41. The van der Waals surface area contributed by atoms with Crippen molar-refractivity contribution in [2.45, 2.75) is 26.4 Å². The summed E-state index contributed by atoms with van der Waals surface area (Å²) in [6.45, 7) is 3.61. The fraction of sp³-hybridized carbons (Fsp3) is 0.455. The van der Waals surface area contributed by atoms with E-state index in [1.807, 2.05) is 24.0 Å². The minimum absolute atomic E-state index is 0.693. The summed E-state index contributed by atoms with van der Waals surface area (Å²) in [5.41, 5.74) is 2.39. The fourth-order valence-electron chi connectivity index (χ4n) is 1.68. The molecule has 2 aromatic rings. The van der Waals surface area contributed by atoms with Gasteiger partial charge in [0.15, 0.2) is 0 Å². The molecule has 2 aromatic heterocycles. The maximum Gasteiger partial charge on any atom is 0.150 e. The van der Waals surface area contributed by atoms with Crippen molar-refractivity contribution in [3.8, 4) is 0 Å². The van der Waals surface area contributed by atoms with E-state index < -0.39 is 0 Å². The lowest BCUT2D eigenvalue weighted by Crippen LogP contribution is -2.12. The van der Waals surface area contributed by atoms with Crippen molar-refractivity contribution in [1.82, 2.24) is 20.3 Å². The molecule has 0 fully saturated rings. The van der Waals surface area contributed by atoms with Crippen molar-refractivity contribution in [3.05, 3.63) is 35.5 Å². The summed E-state index contributed by atoms with van der Waals surface area (Å²) in [6, 6.07) is 1.86. The number of nitrogens with one attached hydrogen (secondary N) is 1. The molecule has 86 valence electrons. The highest BCUT2D eigenvalue weighted by Gasteiger charge is 2.05. The summed E-state index contributed by atoms with van der Waals surface area (Å²) < 4.78 is 6.85. The smallest absolute Gasteiger partial charge is 0.150 e. The Morgan fingerprint density at radius 1 is 1.44 bits per heavy atom. The largest absolute Gasteiger partial charge is 0.360 e. The predicted octanol–water partition coefficient (Wildman–Crippen LogP) is 1.26. The zero-order chi connectivity index (χ0) is 11.4. The van der Waals surface area contributed by atoms with Gasteiger partial charge < -0.3 is 9.84 Å². The Labute approximate surface area is 94.4 Å². The molecule has 0 aromatic carbocycles. The minimum atomic E-state index is 0.693. The van der Waals surface area contributed by atoms with Gasteiger partial charge in [-0.05, 0) is 6.42 Å². The Morgan fingerprint density at radius 2 is 2.31 bits per heavy atom. The quantitative estimate of drug-likeness (QED) is 0.824. The second-order valence-corrected chi connectivity index (χ2v) is 3.71. The van der Waals surface area contributed by atoms with Crippen LogP contribution < -0.4 is 5.32 Å². The van der Waals surface area contributed by atoms with Crippen LogP contribution in [0.5, 0.6) is 0 Å². The van der Waals surface area contributed by atoms with Gasteiger partial charge in [0.05, 0.1) is 18.4 Å². The molecule has 2 rings (SSSR count). The molecule has 0 aliphatic rings. The van der Waals surface area contributed by atoms with Crippen LogP contribution in [-0.4, -0.2) is 14.9 Å². The molecule has 0 aliphatic heterocycles. The van der Waals surface area contributed by atoms with E-state index in [0.29, 0.717) is 6.54 Å². The molecule has 0 radical (unpaired) electrons. The van der Waals surface area contributed by atoms with Crippen molar-refractivity contribution in [3.63, 3.8) is 0 Å². The third kappa shape index (κ3) is 2.49. The van der Waals surface area contributed by atoms with E-state index in [-0.39, 0.29) is 0 Å². The average Bonchev–Trinajstić information content (AvgIpc) is 2.88. The summed E-state index contributed by atoms with van der Waals surface area (Å²) in [4.78, 5) is 0. The SMILES string of the molecule is CCc1nn(C)cc1CNCc1ccno1. The Kier molecular flexibility index (Phi) is 3.36. The van der Waals surface area contributed by atoms with E-state index in [1.165, 1.54) is 5.56 Å². The highest BCUT2D eigenvalue weighted by atomic mass is 16.5. The molecule has 0 unspecified atom stereocenters. The van der Waals surface area contributed by atoms with Gasteiger partial charge in [-0.1, -0.05) is 12.1 Å². The molecule has 5 heteroatoms. The van der Waals surface area contributed by atoms with Crippen LogP contribution in [0.25, 0.3) is 0 Å². The molecular formula is C11H16N4O. The summed E-state index contributed by atoms with van der Waals surface area (Å²) in [6.07, 6.45) is 4.66. The molecule has 5 nitrogen and oxygen atoms in total. The van der Waals surface area contributed by atoms with E-state index in [2.05, 4.69) is 22.5 Å². The summed E-state index contributed by atoms with van der Waals surface area (Å²) in [5.74, 6) is 0.849. The summed E-state index contributed by atoms with van der Waals surface area (Å²) >= 11 is 0. The first kappa shape index (κ1) is 10.9. The third-order valence-corrected chi connectivity index (χ3v) is 2.43. The highest BCUT2D eigenvalue weighted by Crippen LogP contribution is 2.07. The van der Waals surface area contributed by atoms with Gasteiger partial charge >= 0.3 is 0 Å². The molecule has 0 saturated heterocycles. The Bertz CT molecular complexity index is 433. The van der Waals surface area contributed by atoms with Gasteiger partial charge in [-0.25, -0.2) is 0 Å². The molecule has 0 amide bonds. The molecule has 0 spiro atoms. The Hall–Kier alpha value is -1.62. The van der Waals surface area contributed by atoms with Crippen LogP contribution in [0.4, 0.5) is 0 Å². The van der Waals surface area contributed by atoms with Gasteiger partial charge in [-0.3, -0.25) is 4.68 Å². The first-order chi connectivity index (χ1) is 7.79. The van der Waals surface area contributed by atoms with Gasteiger partial charge in [-0.2, -0.15) is 5.10 Å². The van der Waals surface area contributed by atoms with Gasteiger partial charge in [-0.15, -0.1) is 0 Å². The van der Waals surface area contributed by atoms with Gasteiger partial charge in [0, 0.05) is 31.4 Å². The third-order valence-electron chi connectivity index (χ3n) is 2.43. The van der Waals surface area contributed by atoms with Crippen molar-refractivity contribution in [2.75, 3.05) is 0 Å². The minimum Gasteiger partial charge on any atom is -0.360 e. The second-order valence-electron chi connectivity index (χ2n) is 3.71. The van der Waals surface area contributed by atoms with Crippen molar-refractivity contribution in [2.24, 2.45) is 7.05 Å². The van der Waals surface area contributed by atoms with Crippen LogP contribution in [0.15, 0.2) is 23.0 Å². The van der Waals surface area contributed by atoms with Crippen molar-refractivity contribution >= 4 is 0 Å². The number of hydrogen-bond acceptors (Lipinski definition) is 4. The van der Waals surface area contributed by atoms with Crippen molar-refractivity contribution < 1.29 is 4.52 Å². The van der Waals surface area contributed by atoms with Crippen molar-refractivity contribution in [1.29, 1.82) is 0 Å². The maximum absolute atomic E-state index is 5.00. The monoisotopic (exact) mass is 220 g/mol. The number of aromatic nitrogens is 3. The van der Waals surface area contributed by atoms with Crippen LogP contribution in [-0.2, 0) is 26.6 Å². The molecule has 0 atom stereocenters. The Balaban J connectivity index is 1.89. The maximum atomic E-state index is 5.00. The first-order valence-corrected chi connectivity index (χ1v) is 5.41. The zero-order valence-electron chi connectivity index (χ0n) is 9.60. The molecule has 16 heavy (non-hydrogen) atoms. The second kappa shape index (κ2) is 4.94. The van der Waals surface area contributed by atoms with Gasteiger partial charge in [0.1, 0.15) is 5.76 Å². The summed E-state index contributed by atoms with van der Waals surface area (Å²) in [7, 11) is 1.94. The van der Waals surface area contributed by atoms with Crippen LogP contribution in [0.1, 0.15) is 23.9 Å². The predicted molar refractivity (Wildman–Crippen MR) is 59.6 cm³/mol. The van der Waals surface area contributed by atoms with Gasteiger partial charge in [0.2, 0.25) is 0 Å². The molecule has 0 saturated carbocycles. The molecule has 0 bridgehead atoms. The van der Waals surface area contributed by atoms with Gasteiger partial charge in [0.25, 0.3) is 0 Å². The lowest BCUT2D eigenvalue weighted by atomic mass is 10.2. The Morgan fingerprint density at radius 3 is 3.00 bits per heavy atom. The number of aryl methyl sites for hydroxylation is 2.